The summed E-state index contributed by atoms with van der Waals surface area (Å²) < 4.78 is 5.07. The van der Waals surface area contributed by atoms with Crippen molar-refractivity contribution >= 4 is 18.3 Å². The number of rotatable bonds is 6. The molecule has 1 aromatic rings. The predicted octanol–water partition coefficient (Wildman–Crippen LogP) is 2.32. The molecule has 1 aromatic carbocycles. The van der Waals surface area contributed by atoms with Gasteiger partial charge in [-0.2, -0.15) is 0 Å². The number of nitrogens with two attached hydrogens (primary N) is 1. The highest BCUT2D eigenvalue weighted by Crippen LogP contribution is 2.24. The standard InChI is InChI=1S/C15H24N2O3.ClH/c1-10(2)8-15(3,9-16)17-14(19)12-7-11(20-4)5-6-13(12)18;/h5-7,10,18H,8-9,16H2,1-4H3,(H,17,19);1H. The van der Waals surface area contributed by atoms with E-state index < -0.39 is 5.54 Å². The van der Waals surface area contributed by atoms with E-state index in [1.54, 1.807) is 6.07 Å². The lowest BCUT2D eigenvalue weighted by molar-refractivity contribution is 0.0895. The van der Waals surface area contributed by atoms with Crippen LogP contribution >= 0.6 is 12.4 Å². The maximum atomic E-state index is 12.3. The number of hydrogen-bond donors (Lipinski definition) is 3. The molecule has 0 bridgehead atoms. The van der Waals surface area contributed by atoms with Crippen LogP contribution in [0.1, 0.15) is 37.6 Å². The number of hydrogen-bond acceptors (Lipinski definition) is 4. The first-order valence-corrected chi connectivity index (χ1v) is 6.71. The van der Waals surface area contributed by atoms with Crippen molar-refractivity contribution in [3.05, 3.63) is 23.8 Å². The first-order chi connectivity index (χ1) is 9.31. The highest BCUT2D eigenvalue weighted by Gasteiger charge is 2.27. The Hall–Kier alpha value is -1.46. The van der Waals surface area contributed by atoms with Crippen LogP contribution in [0, 0.1) is 5.92 Å². The first kappa shape index (κ1) is 19.5. The third kappa shape index (κ3) is 5.44. The molecule has 0 aromatic heterocycles. The summed E-state index contributed by atoms with van der Waals surface area (Å²) in [6.45, 7) is 6.38. The van der Waals surface area contributed by atoms with Crippen LogP contribution in [0.25, 0.3) is 0 Å². The Morgan fingerprint density at radius 1 is 1.48 bits per heavy atom. The lowest BCUT2D eigenvalue weighted by atomic mass is 9.90. The number of aromatic hydroxyl groups is 1. The monoisotopic (exact) mass is 316 g/mol. The molecule has 1 atom stereocenters. The van der Waals surface area contributed by atoms with Gasteiger partial charge in [-0.05, 0) is 37.5 Å². The van der Waals surface area contributed by atoms with Gasteiger partial charge in [-0.25, -0.2) is 0 Å². The summed E-state index contributed by atoms with van der Waals surface area (Å²) in [6, 6.07) is 4.55. The summed E-state index contributed by atoms with van der Waals surface area (Å²) >= 11 is 0. The van der Waals surface area contributed by atoms with Gasteiger partial charge < -0.3 is 20.9 Å². The van der Waals surface area contributed by atoms with Crippen molar-refractivity contribution in [3.63, 3.8) is 0 Å². The van der Waals surface area contributed by atoms with Crippen molar-refractivity contribution in [3.8, 4) is 11.5 Å². The molecule has 6 heteroatoms. The van der Waals surface area contributed by atoms with Crippen LogP contribution in [0.5, 0.6) is 11.5 Å². The van der Waals surface area contributed by atoms with E-state index in [2.05, 4.69) is 19.2 Å². The highest BCUT2D eigenvalue weighted by atomic mass is 35.5. The van der Waals surface area contributed by atoms with E-state index in [1.807, 2.05) is 6.92 Å². The SMILES string of the molecule is COc1ccc(O)c(C(=O)NC(C)(CN)CC(C)C)c1.Cl. The number of amides is 1. The molecule has 5 nitrogen and oxygen atoms in total. The fourth-order valence-electron chi connectivity index (χ4n) is 2.25. The summed E-state index contributed by atoms with van der Waals surface area (Å²) in [4.78, 5) is 12.3. The summed E-state index contributed by atoms with van der Waals surface area (Å²) in [5.41, 5.74) is 5.46. The van der Waals surface area contributed by atoms with E-state index in [4.69, 9.17) is 10.5 Å². The molecule has 0 saturated carbocycles. The average Bonchev–Trinajstić information content (AvgIpc) is 2.38. The minimum atomic E-state index is -0.499. The topological polar surface area (TPSA) is 84.6 Å². The molecule has 0 saturated heterocycles. The molecule has 0 aliphatic heterocycles. The maximum absolute atomic E-state index is 12.3. The molecule has 0 aliphatic rings. The Kier molecular flexibility index (Phi) is 7.53. The molecule has 1 amide bonds. The van der Waals surface area contributed by atoms with Gasteiger partial charge in [0.05, 0.1) is 12.7 Å². The normalized spacial score (nSPS) is 13.2. The van der Waals surface area contributed by atoms with Crippen LogP contribution in [-0.2, 0) is 0 Å². The first-order valence-electron chi connectivity index (χ1n) is 6.71. The van der Waals surface area contributed by atoms with Crippen LogP contribution in [0.4, 0.5) is 0 Å². The Morgan fingerprint density at radius 3 is 2.57 bits per heavy atom. The third-order valence-corrected chi connectivity index (χ3v) is 3.17. The summed E-state index contributed by atoms with van der Waals surface area (Å²) in [5.74, 6) is 0.497. The van der Waals surface area contributed by atoms with E-state index in [0.717, 1.165) is 6.42 Å². The number of methoxy groups -OCH3 is 1. The Balaban J connectivity index is 0.00000400. The molecule has 120 valence electrons. The molecular formula is C15H25ClN2O3. The number of halogens is 1. The Labute approximate surface area is 132 Å². The second-order valence-corrected chi connectivity index (χ2v) is 5.70. The van der Waals surface area contributed by atoms with Gasteiger partial charge in [-0.1, -0.05) is 13.8 Å². The number of nitrogens with one attached hydrogen (secondary N) is 1. The number of benzene rings is 1. The van der Waals surface area contributed by atoms with Gasteiger partial charge in [0.1, 0.15) is 11.5 Å². The van der Waals surface area contributed by atoms with Crippen molar-refractivity contribution in [1.29, 1.82) is 0 Å². The zero-order chi connectivity index (χ0) is 15.3. The number of phenolic OH excluding ortho intramolecular Hbond substituents is 1. The van der Waals surface area contributed by atoms with Crippen molar-refractivity contribution in [2.24, 2.45) is 11.7 Å². The third-order valence-electron chi connectivity index (χ3n) is 3.17. The molecule has 1 rings (SSSR count). The number of carbonyl (C=O) groups is 1. The smallest absolute Gasteiger partial charge is 0.255 e. The molecule has 0 radical (unpaired) electrons. The predicted molar refractivity (Wildman–Crippen MR) is 86.3 cm³/mol. The fraction of sp³-hybridized carbons (Fsp3) is 0.533. The minimum Gasteiger partial charge on any atom is -0.507 e. The second-order valence-electron chi connectivity index (χ2n) is 5.70. The average molecular weight is 317 g/mol. The van der Waals surface area contributed by atoms with Crippen LogP contribution in [0.3, 0.4) is 0 Å². The van der Waals surface area contributed by atoms with Crippen molar-refractivity contribution in [1.82, 2.24) is 5.32 Å². The zero-order valence-corrected chi connectivity index (χ0v) is 13.8. The van der Waals surface area contributed by atoms with Gasteiger partial charge in [0.25, 0.3) is 5.91 Å². The van der Waals surface area contributed by atoms with Gasteiger partial charge in [0.15, 0.2) is 0 Å². The zero-order valence-electron chi connectivity index (χ0n) is 13.0. The van der Waals surface area contributed by atoms with E-state index in [0.29, 0.717) is 18.2 Å². The van der Waals surface area contributed by atoms with Crippen LogP contribution in [0.2, 0.25) is 0 Å². The molecular weight excluding hydrogens is 292 g/mol. The van der Waals surface area contributed by atoms with E-state index in [1.165, 1.54) is 19.2 Å². The van der Waals surface area contributed by atoms with Gasteiger partial charge in [0.2, 0.25) is 0 Å². The summed E-state index contributed by atoms with van der Waals surface area (Å²) in [7, 11) is 1.51. The molecule has 0 spiro atoms. The lowest BCUT2D eigenvalue weighted by Gasteiger charge is -2.31. The van der Waals surface area contributed by atoms with Crippen molar-refractivity contribution < 1.29 is 14.6 Å². The molecule has 0 heterocycles. The van der Waals surface area contributed by atoms with E-state index in [-0.39, 0.29) is 29.6 Å². The number of phenols is 1. The van der Waals surface area contributed by atoms with Crippen molar-refractivity contribution in [2.45, 2.75) is 32.7 Å². The molecule has 1 unspecified atom stereocenters. The molecule has 4 N–H and O–H groups in total. The van der Waals surface area contributed by atoms with Crippen LogP contribution in [-0.4, -0.2) is 30.2 Å². The molecule has 0 aliphatic carbocycles. The highest BCUT2D eigenvalue weighted by molar-refractivity contribution is 5.97. The van der Waals surface area contributed by atoms with Crippen molar-refractivity contribution in [2.75, 3.05) is 13.7 Å². The van der Waals surface area contributed by atoms with Crippen LogP contribution < -0.4 is 15.8 Å². The van der Waals surface area contributed by atoms with Crippen LogP contribution in [0.15, 0.2) is 18.2 Å². The van der Waals surface area contributed by atoms with E-state index >= 15 is 0 Å². The summed E-state index contributed by atoms with van der Waals surface area (Å²) in [6.07, 6.45) is 0.764. The number of carbonyl (C=O) groups excluding carboxylic acids is 1. The van der Waals surface area contributed by atoms with E-state index in [9.17, 15) is 9.90 Å². The van der Waals surface area contributed by atoms with Gasteiger partial charge in [-0.15, -0.1) is 12.4 Å². The molecule has 21 heavy (non-hydrogen) atoms. The maximum Gasteiger partial charge on any atom is 0.255 e. The second kappa shape index (κ2) is 8.10. The molecule has 0 fully saturated rings. The number of ether oxygens (including phenoxy) is 1. The van der Waals surface area contributed by atoms with Gasteiger partial charge in [-0.3, -0.25) is 4.79 Å². The Bertz CT molecular complexity index is 480. The lowest BCUT2D eigenvalue weighted by Crippen LogP contribution is -2.52. The minimum absolute atomic E-state index is 0. The fourth-order valence-corrected chi connectivity index (χ4v) is 2.25. The Morgan fingerprint density at radius 2 is 2.10 bits per heavy atom. The largest absolute Gasteiger partial charge is 0.507 e. The van der Waals surface area contributed by atoms with Gasteiger partial charge >= 0.3 is 0 Å². The van der Waals surface area contributed by atoms with Gasteiger partial charge in [0, 0.05) is 12.1 Å². The summed E-state index contributed by atoms with van der Waals surface area (Å²) in [5, 5.41) is 12.7. The quantitative estimate of drug-likeness (QED) is 0.752.